The van der Waals surface area contributed by atoms with Gasteiger partial charge in [-0.25, -0.2) is 4.98 Å². The van der Waals surface area contributed by atoms with Gasteiger partial charge in [0.15, 0.2) is 11.5 Å². The van der Waals surface area contributed by atoms with E-state index in [9.17, 15) is 4.79 Å². The number of nitrogens with zero attached hydrogens (tertiary/aromatic N) is 2. The van der Waals surface area contributed by atoms with Gasteiger partial charge >= 0.3 is 0 Å². The molecule has 24 heavy (non-hydrogen) atoms. The summed E-state index contributed by atoms with van der Waals surface area (Å²) >= 11 is 1.62. The van der Waals surface area contributed by atoms with Crippen LogP contribution in [-0.4, -0.2) is 29.6 Å². The Balaban J connectivity index is 1.59. The number of thiazole rings is 1. The monoisotopic (exact) mass is 340 g/mol. The maximum atomic E-state index is 12.8. The molecule has 5 nitrogen and oxygen atoms in total. The average molecular weight is 340 g/mol. The SMILES string of the molecule is C[C@H](c1nc2ccccc2s1)N(C)C(=O)c1ccc2c(c1)OCO2. The number of aromatic nitrogens is 1. The third kappa shape index (κ3) is 2.49. The summed E-state index contributed by atoms with van der Waals surface area (Å²) in [6, 6.07) is 13.1. The Morgan fingerprint density at radius 1 is 1.21 bits per heavy atom. The summed E-state index contributed by atoms with van der Waals surface area (Å²) in [6.45, 7) is 2.19. The maximum Gasteiger partial charge on any atom is 0.254 e. The number of fused-ring (bicyclic) bond motifs is 2. The smallest absolute Gasteiger partial charge is 0.254 e. The Morgan fingerprint density at radius 3 is 2.83 bits per heavy atom. The van der Waals surface area contributed by atoms with Crippen molar-refractivity contribution in [3.8, 4) is 11.5 Å². The molecule has 122 valence electrons. The second-order valence-electron chi connectivity index (χ2n) is 5.68. The first-order valence-electron chi connectivity index (χ1n) is 7.66. The zero-order valence-corrected chi connectivity index (χ0v) is 14.2. The summed E-state index contributed by atoms with van der Waals surface area (Å²) in [5.74, 6) is 1.22. The largest absolute Gasteiger partial charge is 0.454 e. The quantitative estimate of drug-likeness (QED) is 0.726. The fourth-order valence-electron chi connectivity index (χ4n) is 2.64. The predicted molar refractivity (Wildman–Crippen MR) is 92.7 cm³/mol. The van der Waals surface area contributed by atoms with Crippen LogP contribution in [0.25, 0.3) is 10.2 Å². The van der Waals surface area contributed by atoms with E-state index >= 15 is 0 Å². The van der Waals surface area contributed by atoms with Gasteiger partial charge in [-0.05, 0) is 37.3 Å². The van der Waals surface area contributed by atoms with Crippen LogP contribution in [0.3, 0.4) is 0 Å². The highest BCUT2D eigenvalue weighted by atomic mass is 32.1. The van der Waals surface area contributed by atoms with Gasteiger partial charge in [-0.2, -0.15) is 0 Å². The molecule has 1 aliphatic rings. The van der Waals surface area contributed by atoms with Crippen LogP contribution in [0.2, 0.25) is 0 Å². The number of carbonyl (C=O) groups excluding carboxylic acids is 1. The van der Waals surface area contributed by atoms with Crippen molar-refractivity contribution in [3.63, 3.8) is 0 Å². The minimum absolute atomic E-state index is 0.0694. The van der Waals surface area contributed by atoms with E-state index in [1.54, 1.807) is 41.5 Å². The molecule has 1 aromatic heterocycles. The fraction of sp³-hybridized carbons (Fsp3) is 0.222. The number of hydrogen-bond donors (Lipinski definition) is 0. The summed E-state index contributed by atoms with van der Waals surface area (Å²) < 4.78 is 11.8. The van der Waals surface area contributed by atoms with Gasteiger partial charge in [0, 0.05) is 12.6 Å². The molecule has 0 N–H and O–H groups in total. The van der Waals surface area contributed by atoms with Crippen LogP contribution < -0.4 is 9.47 Å². The molecule has 0 saturated carbocycles. The molecule has 1 amide bonds. The third-order valence-electron chi connectivity index (χ3n) is 4.19. The Bertz CT molecular complexity index is 889. The van der Waals surface area contributed by atoms with Crippen LogP contribution in [0.4, 0.5) is 0 Å². The van der Waals surface area contributed by atoms with Crippen LogP contribution in [0.5, 0.6) is 11.5 Å². The molecule has 1 aliphatic heterocycles. The van der Waals surface area contributed by atoms with Gasteiger partial charge in [-0.3, -0.25) is 4.79 Å². The number of rotatable bonds is 3. The summed E-state index contributed by atoms with van der Waals surface area (Å²) in [4.78, 5) is 19.1. The molecule has 0 saturated heterocycles. The molecule has 0 unspecified atom stereocenters. The predicted octanol–water partition coefficient (Wildman–Crippen LogP) is 3.86. The lowest BCUT2D eigenvalue weighted by atomic mass is 10.1. The first-order valence-corrected chi connectivity index (χ1v) is 8.47. The highest BCUT2D eigenvalue weighted by Crippen LogP contribution is 2.34. The van der Waals surface area contributed by atoms with Crippen molar-refractivity contribution in [1.82, 2.24) is 9.88 Å². The van der Waals surface area contributed by atoms with Gasteiger partial charge in [0.2, 0.25) is 6.79 Å². The molecule has 0 aliphatic carbocycles. The first-order chi connectivity index (χ1) is 11.6. The molecular weight excluding hydrogens is 324 g/mol. The zero-order chi connectivity index (χ0) is 16.7. The Hall–Kier alpha value is -2.60. The molecule has 1 atom stereocenters. The first kappa shape index (κ1) is 15.0. The molecule has 0 radical (unpaired) electrons. The van der Waals surface area contributed by atoms with Crippen molar-refractivity contribution < 1.29 is 14.3 Å². The lowest BCUT2D eigenvalue weighted by Gasteiger charge is -2.23. The molecule has 0 spiro atoms. The fourth-order valence-corrected chi connectivity index (χ4v) is 3.71. The Kier molecular flexibility index (Phi) is 3.61. The molecule has 3 aromatic rings. The summed E-state index contributed by atoms with van der Waals surface area (Å²) in [7, 11) is 1.80. The van der Waals surface area contributed by atoms with E-state index in [-0.39, 0.29) is 18.7 Å². The van der Waals surface area contributed by atoms with Crippen molar-refractivity contribution in [2.75, 3.05) is 13.8 Å². The number of ether oxygens (including phenoxy) is 2. The van der Waals surface area contributed by atoms with Gasteiger partial charge in [0.25, 0.3) is 5.91 Å². The highest BCUT2D eigenvalue weighted by Gasteiger charge is 2.23. The van der Waals surface area contributed by atoms with Crippen molar-refractivity contribution in [2.45, 2.75) is 13.0 Å². The van der Waals surface area contributed by atoms with Crippen molar-refractivity contribution in [2.24, 2.45) is 0 Å². The third-order valence-corrected chi connectivity index (χ3v) is 5.40. The van der Waals surface area contributed by atoms with Crippen LogP contribution in [0.15, 0.2) is 42.5 Å². The van der Waals surface area contributed by atoms with Gasteiger partial charge < -0.3 is 14.4 Å². The van der Waals surface area contributed by atoms with Gasteiger partial charge in [0.05, 0.1) is 16.3 Å². The van der Waals surface area contributed by atoms with Crippen molar-refractivity contribution >= 4 is 27.5 Å². The Labute approximate surface area is 143 Å². The molecule has 0 bridgehead atoms. The van der Waals surface area contributed by atoms with Crippen LogP contribution in [0, 0.1) is 0 Å². The zero-order valence-electron chi connectivity index (χ0n) is 13.4. The lowest BCUT2D eigenvalue weighted by Crippen LogP contribution is -2.29. The van der Waals surface area contributed by atoms with Crippen molar-refractivity contribution in [3.05, 3.63) is 53.0 Å². The average Bonchev–Trinajstić information content (AvgIpc) is 3.25. The Morgan fingerprint density at radius 2 is 2.00 bits per heavy atom. The van der Waals surface area contributed by atoms with E-state index in [0.29, 0.717) is 17.1 Å². The van der Waals surface area contributed by atoms with Gasteiger partial charge in [0.1, 0.15) is 5.01 Å². The highest BCUT2D eigenvalue weighted by molar-refractivity contribution is 7.18. The van der Waals surface area contributed by atoms with Crippen LogP contribution in [0.1, 0.15) is 28.3 Å². The summed E-state index contributed by atoms with van der Waals surface area (Å²) in [5.41, 5.74) is 1.54. The van der Waals surface area contributed by atoms with Crippen LogP contribution in [-0.2, 0) is 0 Å². The minimum atomic E-state index is -0.111. The number of hydrogen-bond acceptors (Lipinski definition) is 5. The second kappa shape index (κ2) is 5.79. The van der Waals surface area contributed by atoms with E-state index in [1.807, 2.05) is 31.2 Å². The normalized spacial score (nSPS) is 13.9. The van der Waals surface area contributed by atoms with E-state index in [0.717, 1.165) is 15.2 Å². The minimum Gasteiger partial charge on any atom is -0.454 e. The van der Waals surface area contributed by atoms with E-state index in [4.69, 9.17) is 9.47 Å². The number of amides is 1. The van der Waals surface area contributed by atoms with E-state index in [1.165, 1.54) is 0 Å². The van der Waals surface area contributed by atoms with Crippen molar-refractivity contribution in [1.29, 1.82) is 0 Å². The topological polar surface area (TPSA) is 51.7 Å². The molecule has 0 fully saturated rings. The number of carbonyl (C=O) groups is 1. The lowest BCUT2D eigenvalue weighted by molar-refractivity contribution is 0.0742. The van der Waals surface area contributed by atoms with Gasteiger partial charge in [-0.1, -0.05) is 12.1 Å². The molecular formula is C18H16N2O3S. The summed E-state index contributed by atoms with van der Waals surface area (Å²) in [6.07, 6.45) is 0. The van der Waals surface area contributed by atoms with Crippen LogP contribution >= 0.6 is 11.3 Å². The number of para-hydroxylation sites is 1. The standard InChI is InChI=1S/C18H16N2O3S/c1-11(17-19-13-5-3-4-6-16(13)24-17)20(2)18(21)12-7-8-14-15(9-12)23-10-22-14/h3-9,11H,10H2,1-2H3/t11-/m1/s1. The maximum absolute atomic E-state index is 12.8. The van der Waals surface area contributed by atoms with E-state index in [2.05, 4.69) is 4.98 Å². The number of benzene rings is 2. The molecule has 6 heteroatoms. The molecule has 2 aromatic carbocycles. The second-order valence-corrected chi connectivity index (χ2v) is 6.74. The molecule has 2 heterocycles. The van der Waals surface area contributed by atoms with E-state index < -0.39 is 0 Å². The van der Waals surface area contributed by atoms with Gasteiger partial charge in [-0.15, -0.1) is 11.3 Å². The summed E-state index contributed by atoms with van der Waals surface area (Å²) in [5, 5.41) is 0.924. The molecule has 4 rings (SSSR count).